The van der Waals surface area contributed by atoms with E-state index >= 15 is 0 Å². The molecule has 4 aromatic carbocycles. The number of nitrogens with zero attached hydrogens (tertiary/aromatic N) is 7. The van der Waals surface area contributed by atoms with Gasteiger partial charge in [0.15, 0.2) is 38.2 Å². The summed E-state index contributed by atoms with van der Waals surface area (Å²) in [7, 11) is 0. The number of H-pyrrole nitrogens is 2. The maximum absolute atomic E-state index is 9.57. The van der Waals surface area contributed by atoms with Crippen LogP contribution in [0.4, 0.5) is 0 Å². The van der Waals surface area contributed by atoms with Gasteiger partial charge in [-0.15, -0.1) is 0 Å². The lowest BCUT2D eigenvalue weighted by Gasteiger charge is -2.09. The molecule has 4 aromatic heterocycles. The lowest BCUT2D eigenvalue weighted by molar-refractivity contribution is 0.311. The molecular weight excluding hydrogens is 775 g/mol. The van der Waals surface area contributed by atoms with E-state index in [0.29, 0.717) is 62.4 Å². The first kappa shape index (κ1) is 40.7. The lowest BCUT2D eigenvalue weighted by atomic mass is 10.1. The number of rotatable bonds is 10. The van der Waals surface area contributed by atoms with Crippen LogP contribution in [0.25, 0.3) is 56.5 Å². The Hall–Kier alpha value is -6.94. The van der Waals surface area contributed by atoms with Gasteiger partial charge in [0, 0.05) is 22.5 Å². The van der Waals surface area contributed by atoms with Gasteiger partial charge in [-0.05, 0) is 111 Å². The summed E-state index contributed by atoms with van der Waals surface area (Å²) in [5.41, 5.74) is 6.02. The molecule has 4 heterocycles. The number of nitriles is 1. The SMILES string of the molecule is CCOc1ccc(-c2nc(C#N)c3[nH]c(=S)n(-c4ccccc4)c3n2)cc1.CCOc1ccc(-c2nc(C(=N)CO)c3[nH]c(=S)n(-c4ccccc4)c3n2)cc1.NO. The van der Waals surface area contributed by atoms with Gasteiger partial charge in [-0.1, -0.05) is 36.4 Å². The minimum atomic E-state index is -0.439. The molecule has 8 rings (SSSR count). The van der Waals surface area contributed by atoms with Crippen molar-refractivity contribution in [1.82, 2.24) is 39.0 Å². The Bertz CT molecular complexity index is 2830. The van der Waals surface area contributed by atoms with Crippen LogP contribution in [0.2, 0.25) is 0 Å². The van der Waals surface area contributed by atoms with Crippen LogP contribution in [0.5, 0.6) is 11.5 Å². The molecule has 0 unspecified atom stereocenters. The Balaban J connectivity index is 0.000000188. The number of hydrogen-bond donors (Lipinski definition) is 6. The van der Waals surface area contributed by atoms with E-state index in [-0.39, 0.29) is 11.4 Å². The number of aromatic amines is 2. The third-order valence-corrected chi connectivity index (χ3v) is 9.07. The number of fused-ring (bicyclic) bond motifs is 2. The van der Waals surface area contributed by atoms with Gasteiger partial charge in [0.1, 0.15) is 34.3 Å². The molecule has 0 aliphatic carbocycles. The van der Waals surface area contributed by atoms with Crippen molar-refractivity contribution in [3.05, 3.63) is 130 Å². The average Bonchev–Trinajstić information content (AvgIpc) is 3.79. The highest BCUT2D eigenvalue weighted by Gasteiger charge is 2.19. The second kappa shape index (κ2) is 18.8. The fourth-order valence-corrected chi connectivity index (χ4v) is 6.56. The van der Waals surface area contributed by atoms with E-state index in [2.05, 4.69) is 36.9 Å². The molecule has 0 atom stereocenters. The van der Waals surface area contributed by atoms with Crippen molar-refractivity contribution < 1.29 is 19.8 Å². The molecule has 0 spiro atoms. The van der Waals surface area contributed by atoms with Gasteiger partial charge in [-0.2, -0.15) is 5.26 Å². The molecule has 7 N–H and O–H groups in total. The number of nitrogens with one attached hydrogen (secondary N) is 3. The van der Waals surface area contributed by atoms with Crippen molar-refractivity contribution in [1.29, 1.82) is 10.7 Å². The minimum Gasteiger partial charge on any atom is -0.494 e. The standard InChI is InChI=1S/C21H19N5O2S.C20H15N5OS.H3NO/c1-2-28-15-10-8-13(9-11-15)19-23-17(16(22)12-27)18-20(25-19)26(21(29)24-18)14-6-4-3-5-7-14;1-2-26-15-10-8-13(9-11-15)18-22-16(12-21)17-19(24-18)25(20(27)23-17)14-6-4-3-5-7-14;1-2/h3-11,22,27H,2,12H2,1H3,(H,24,29);3-11H,2H2,1H3,(H,23,27);2H,1H2. The second-order valence-corrected chi connectivity index (χ2v) is 12.8. The van der Waals surface area contributed by atoms with Gasteiger partial charge >= 0.3 is 0 Å². The molecule has 17 heteroatoms. The van der Waals surface area contributed by atoms with Crippen molar-refractivity contribution in [3.8, 4) is 51.7 Å². The van der Waals surface area contributed by atoms with Crippen LogP contribution in [0.15, 0.2) is 109 Å². The summed E-state index contributed by atoms with van der Waals surface area (Å²) < 4.78 is 15.5. The Morgan fingerprint density at radius 1 is 0.690 bits per heavy atom. The smallest absolute Gasteiger partial charge is 0.184 e. The van der Waals surface area contributed by atoms with Crippen molar-refractivity contribution in [2.45, 2.75) is 13.8 Å². The Kier molecular flexibility index (Phi) is 13.2. The highest BCUT2D eigenvalue weighted by molar-refractivity contribution is 7.71. The predicted molar refractivity (Wildman–Crippen MR) is 226 cm³/mol. The van der Waals surface area contributed by atoms with Gasteiger partial charge in [0.05, 0.1) is 25.5 Å². The van der Waals surface area contributed by atoms with Crippen LogP contribution in [0.3, 0.4) is 0 Å². The largest absolute Gasteiger partial charge is 0.494 e. The number of benzene rings is 4. The summed E-state index contributed by atoms with van der Waals surface area (Å²) in [6.45, 7) is 4.61. The van der Waals surface area contributed by atoms with Gasteiger partial charge in [-0.3, -0.25) is 9.13 Å². The van der Waals surface area contributed by atoms with E-state index in [1.807, 2.05) is 128 Å². The van der Waals surface area contributed by atoms with Crippen LogP contribution in [-0.4, -0.2) is 74.9 Å². The van der Waals surface area contributed by atoms with Gasteiger partial charge in [0.2, 0.25) is 0 Å². The van der Waals surface area contributed by atoms with E-state index in [1.165, 1.54) is 0 Å². The highest BCUT2D eigenvalue weighted by atomic mass is 32.1. The number of aliphatic hydroxyl groups excluding tert-OH is 1. The fraction of sp³-hybridized carbons (Fsp3) is 0.122. The summed E-state index contributed by atoms with van der Waals surface area (Å²) in [6, 6.07) is 36.3. The van der Waals surface area contributed by atoms with Crippen LogP contribution >= 0.6 is 24.4 Å². The quantitative estimate of drug-likeness (QED) is 0.0445. The molecule has 15 nitrogen and oxygen atoms in total. The zero-order valence-electron chi connectivity index (χ0n) is 31.2. The van der Waals surface area contributed by atoms with Gasteiger partial charge in [0.25, 0.3) is 0 Å². The Morgan fingerprint density at radius 3 is 1.55 bits per heavy atom. The predicted octanol–water partition coefficient (Wildman–Crippen LogP) is 7.65. The Labute approximate surface area is 342 Å². The number of aliphatic hydroxyl groups is 1. The van der Waals surface area contributed by atoms with Crippen LogP contribution in [0.1, 0.15) is 25.2 Å². The summed E-state index contributed by atoms with van der Waals surface area (Å²) in [5.74, 6) is 5.93. The summed E-state index contributed by atoms with van der Waals surface area (Å²) >= 11 is 11.0. The third-order valence-electron chi connectivity index (χ3n) is 8.50. The second-order valence-electron chi connectivity index (χ2n) is 12.1. The summed E-state index contributed by atoms with van der Waals surface area (Å²) in [4.78, 5) is 24.5. The minimum absolute atomic E-state index is 0.0129. The maximum Gasteiger partial charge on any atom is 0.184 e. The molecule has 0 aliphatic heterocycles. The number of nitrogens with two attached hydrogens (primary N) is 1. The van der Waals surface area contributed by atoms with Gasteiger partial charge in [-0.25, -0.2) is 25.8 Å². The Morgan fingerprint density at radius 2 is 1.12 bits per heavy atom. The lowest BCUT2D eigenvalue weighted by Crippen LogP contribution is -2.10. The van der Waals surface area contributed by atoms with Crippen LogP contribution in [-0.2, 0) is 0 Å². The molecule has 0 saturated carbocycles. The molecule has 0 fully saturated rings. The average molecular weight is 812 g/mol. The first-order valence-electron chi connectivity index (χ1n) is 17.8. The zero-order chi connectivity index (χ0) is 41.2. The van der Waals surface area contributed by atoms with Crippen LogP contribution in [0, 0.1) is 26.3 Å². The number of hydrogen-bond acceptors (Lipinski definition) is 13. The number of ether oxygens (including phenoxy) is 2. The molecule has 0 amide bonds. The van der Waals surface area contributed by atoms with Crippen molar-refractivity contribution in [2.75, 3.05) is 19.8 Å². The van der Waals surface area contributed by atoms with Crippen molar-refractivity contribution in [3.63, 3.8) is 0 Å². The number of para-hydroxylation sites is 2. The van der Waals surface area contributed by atoms with E-state index in [4.69, 9.17) is 49.5 Å². The first-order valence-corrected chi connectivity index (χ1v) is 18.6. The van der Waals surface area contributed by atoms with Crippen LogP contribution < -0.4 is 15.4 Å². The zero-order valence-corrected chi connectivity index (χ0v) is 32.9. The molecule has 0 radical (unpaired) electrons. The molecular formula is C41H37N11O4S2. The molecule has 292 valence electrons. The van der Waals surface area contributed by atoms with Gasteiger partial charge < -0.3 is 35.2 Å². The molecule has 0 saturated heterocycles. The van der Waals surface area contributed by atoms with E-state index < -0.39 is 6.61 Å². The maximum atomic E-state index is 9.57. The topological polar surface area (TPSA) is 226 Å². The third kappa shape index (κ3) is 8.56. The van der Waals surface area contributed by atoms with Crippen molar-refractivity contribution >= 4 is 52.5 Å². The summed E-state index contributed by atoms with van der Waals surface area (Å²) in [5, 5.41) is 33.8. The highest BCUT2D eigenvalue weighted by Crippen LogP contribution is 2.27. The number of imidazole rings is 2. The molecule has 0 aliphatic rings. The molecule has 8 aromatic rings. The molecule has 58 heavy (non-hydrogen) atoms. The first-order chi connectivity index (χ1) is 28.3. The van der Waals surface area contributed by atoms with E-state index in [1.54, 1.807) is 4.57 Å². The normalized spacial score (nSPS) is 10.6. The summed E-state index contributed by atoms with van der Waals surface area (Å²) in [6.07, 6.45) is 0. The van der Waals surface area contributed by atoms with Crippen molar-refractivity contribution in [2.24, 2.45) is 5.90 Å². The number of aromatic nitrogens is 8. The van der Waals surface area contributed by atoms with E-state index in [9.17, 15) is 10.4 Å². The monoisotopic (exact) mass is 811 g/mol. The fourth-order valence-electron chi connectivity index (χ4n) is 5.97. The molecule has 0 bridgehead atoms. The van der Waals surface area contributed by atoms with E-state index in [0.717, 1.165) is 34.0 Å².